The molecule has 0 amide bonds. The Morgan fingerprint density at radius 1 is 1.00 bits per heavy atom. The van der Waals surface area contributed by atoms with Gasteiger partial charge in [-0.15, -0.1) is 0 Å². The fraction of sp³-hybridized carbons (Fsp3) is 0.600. The van der Waals surface area contributed by atoms with Gasteiger partial charge in [-0.3, -0.25) is 0 Å². The van der Waals surface area contributed by atoms with E-state index in [4.69, 9.17) is 4.43 Å². The minimum atomic E-state index is -1.41. The molecule has 1 aromatic rings. The Hall–Kier alpha value is -0.603. The van der Waals surface area contributed by atoms with E-state index >= 15 is 0 Å². The van der Waals surface area contributed by atoms with Gasteiger partial charge in [-0.05, 0) is 23.7 Å². The molecule has 0 spiro atoms. The molecule has 0 saturated heterocycles. The second-order valence-corrected chi connectivity index (χ2v) is 9.64. The topological polar surface area (TPSA) is 9.23 Å². The highest BCUT2D eigenvalue weighted by Crippen LogP contribution is 2.24. The first-order valence-corrected chi connectivity index (χ1v) is 9.39. The van der Waals surface area contributed by atoms with Crippen molar-refractivity contribution in [2.75, 3.05) is 6.61 Å². The minimum absolute atomic E-state index is 0.507. The van der Waals surface area contributed by atoms with Gasteiger partial charge in [0, 0.05) is 12.5 Å². The fourth-order valence-corrected chi connectivity index (χ4v) is 4.95. The lowest BCUT2D eigenvalue weighted by atomic mass is 10.0. The van der Waals surface area contributed by atoms with Gasteiger partial charge in [-0.1, -0.05) is 58.0 Å². The summed E-state index contributed by atoms with van der Waals surface area (Å²) < 4.78 is 6.33. The molecule has 0 aromatic heterocycles. The Morgan fingerprint density at radius 3 is 2.00 bits per heavy atom. The van der Waals surface area contributed by atoms with Gasteiger partial charge >= 0.3 is 0 Å². The van der Waals surface area contributed by atoms with E-state index in [1.807, 2.05) is 0 Å². The molecule has 1 unspecified atom stereocenters. The molecule has 0 saturated carbocycles. The third kappa shape index (κ3) is 3.97. The van der Waals surface area contributed by atoms with Gasteiger partial charge in [-0.25, -0.2) is 0 Å². The average molecular weight is 250 g/mol. The lowest BCUT2D eigenvalue weighted by Gasteiger charge is -2.29. The maximum absolute atomic E-state index is 6.33. The zero-order chi connectivity index (χ0) is 12.7. The van der Waals surface area contributed by atoms with Gasteiger partial charge in [-0.2, -0.15) is 0 Å². The highest BCUT2D eigenvalue weighted by molar-refractivity contribution is 6.73. The lowest BCUT2D eigenvalue weighted by Crippen LogP contribution is -2.36. The molecule has 96 valence electrons. The third-order valence-corrected chi connectivity index (χ3v) is 8.59. The van der Waals surface area contributed by atoms with Gasteiger partial charge in [0.05, 0.1) is 0 Å². The van der Waals surface area contributed by atoms with Crippen molar-refractivity contribution in [1.82, 2.24) is 0 Å². The van der Waals surface area contributed by atoms with Crippen LogP contribution >= 0.6 is 0 Å². The number of hydrogen-bond donors (Lipinski definition) is 0. The summed E-state index contributed by atoms with van der Waals surface area (Å²) in [5.74, 6) is 0.507. The Balaban J connectivity index is 2.55. The summed E-state index contributed by atoms with van der Waals surface area (Å²) in [4.78, 5) is 0. The summed E-state index contributed by atoms with van der Waals surface area (Å²) in [5, 5.41) is 0. The highest BCUT2D eigenvalue weighted by atomic mass is 28.4. The van der Waals surface area contributed by atoms with E-state index in [1.165, 1.54) is 23.7 Å². The highest BCUT2D eigenvalue weighted by Gasteiger charge is 2.29. The standard InChI is InChI=1S/C15H26OSi/c1-5-17(6-2,7-3)16-13-14(4)15-11-9-8-10-12-15/h8-12,14H,5-7,13H2,1-4H3. The van der Waals surface area contributed by atoms with Crippen molar-refractivity contribution in [3.8, 4) is 0 Å². The lowest BCUT2D eigenvalue weighted by molar-refractivity contribution is 0.279. The van der Waals surface area contributed by atoms with E-state index in [-0.39, 0.29) is 0 Å². The van der Waals surface area contributed by atoms with Crippen molar-refractivity contribution in [2.24, 2.45) is 0 Å². The molecule has 0 fully saturated rings. The van der Waals surface area contributed by atoms with E-state index in [2.05, 4.69) is 58.0 Å². The van der Waals surface area contributed by atoms with E-state index in [0.29, 0.717) is 5.92 Å². The van der Waals surface area contributed by atoms with Crippen molar-refractivity contribution >= 4 is 8.32 Å². The molecule has 1 rings (SSSR count). The zero-order valence-corrected chi connectivity index (χ0v) is 12.7. The van der Waals surface area contributed by atoms with Crippen LogP contribution in [0, 0.1) is 0 Å². The van der Waals surface area contributed by atoms with Crippen LogP contribution in [-0.2, 0) is 4.43 Å². The van der Waals surface area contributed by atoms with Crippen molar-refractivity contribution in [1.29, 1.82) is 0 Å². The molecule has 0 N–H and O–H groups in total. The molecule has 0 aliphatic rings. The van der Waals surface area contributed by atoms with Crippen LogP contribution in [0.1, 0.15) is 39.2 Å². The van der Waals surface area contributed by atoms with Crippen LogP contribution in [0.4, 0.5) is 0 Å². The molecule has 1 nitrogen and oxygen atoms in total. The maximum atomic E-state index is 6.33. The van der Waals surface area contributed by atoms with Crippen molar-refractivity contribution < 1.29 is 4.43 Å². The molecule has 0 bridgehead atoms. The van der Waals surface area contributed by atoms with Crippen molar-refractivity contribution in [2.45, 2.75) is 51.7 Å². The normalized spacial score (nSPS) is 13.6. The van der Waals surface area contributed by atoms with Crippen LogP contribution in [0.2, 0.25) is 18.1 Å². The second kappa shape index (κ2) is 6.97. The predicted octanol–water partition coefficient (Wildman–Crippen LogP) is 4.81. The molecule has 1 aromatic carbocycles. The Bertz CT molecular complexity index is 298. The van der Waals surface area contributed by atoms with Crippen molar-refractivity contribution in [3.63, 3.8) is 0 Å². The molecule has 2 heteroatoms. The van der Waals surface area contributed by atoms with Crippen LogP contribution < -0.4 is 0 Å². The fourth-order valence-electron chi connectivity index (χ4n) is 2.24. The largest absolute Gasteiger partial charge is 0.416 e. The van der Waals surface area contributed by atoms with Gasteiger partial charge in [0.1, 0.15) is 0 Å². The van der Waals surface area contributed by atoms with E-state index in [1.54, 1.807) is 0 Å². The second-order valence-electron chi connectivity index (χ2n) is 4.87. The van der Waals surface area contributed by atoms with E-state index in [9.17, 15) is 0 Å². The molecule has 1 atom stereocenters. The predicted molar refractivity (Wildman–Crippen MR) is 78.0 cm³/mol. The van der Waals surface area contributed by atoms with Crippen LogP contribution in [0.15, 0.2) is 30.3 Å². The molecule has 17 heavy (non-hydrogen) atoms. The summed E-state index contributed by atoms with van der Waals surface area (Å²) in [6.07, 6.45) is 0. The average Bonchev–Trinajstić information content (AvgIpc) is 2.41. The first-order valence-electron chi connectivity index (χ1n) is 6.86. The molecule has 0 radical (unpaired) electrons. The summed E-state index contributed by atoms with van der Waals surface area (Å²) in [6.45, 7) is 9.99. The smallest absolute Gasteiger partial charge is 0.192 e. The molecular formula is C15H26OSi. The monoisotopic (exact) mass is 250 g/mol. The van der Waals surface area contributed by atoms with Gasteiger partial charge in [0.15, 0.2) is 8.32 Å². The van der Waals surface area contributed by atoms with Crippen LogP contribution in [-0.4, -0.2) is 14.9 Å². The zero-order valence-electron chi connectivity index (χ0n) is 11.7. The molecule has 0 aliphatic heterocycles. The summed E-state index contributed by atoms with van der Waals surface area (Å²) in [5.41, 5.74) is 1.39. The Kier molecular flexibility index (Phi) is 5.93. The van der Waals surface area contributed by atoms with Gasteiger partial charge in [0.2, 0.25) is 0 Å². The van der Waals surface area contributed by atoms with Crippen LogP contribution in [0.5, 0.6) is 0 Å². The minimum Gasteiger partial charge on any atom is -0.416 e. The van der Waals surface area contributed by atoms with E-state index < -0.39 is 8.32 Å². The molecule has 0 heterocycles. The summed E-state index contributed by atoms with van der Waals surface area (Å²) in [7, 11) is -1.41. The first-order chi connectivity index (χ1) is 8.17. The van der Waals surface area contributed by atoms with Gasteiger partial charge < -0.3 is 4.43 Å². The number of hydrogen-bond acceptors (Lipinski definition) is 1. The quantitative estimate of drug-likeness (QED) is 0.631. The van der Waals surface area contributed by atoms with Crippen LogP contribution in [0.25, 0.3) is 0 Å². The first kappa shape index (κ1) is 14.5. The Labute approximate surface area is 107 Å². The van der Waals surface area contributed by atoms with Crippen LogP contribution in [0.3, 0.4) is 0 Å². The SMILES string of the molecule is CC[Si](CC)(CC)OCC(C)c1ccccc1. The van der Waals surface area contributed by atoms with Gasteiger partial charge in [0.25, 0.3) is 0 Å². The maximum Gasteiger partial charge on any atom is 0.192 e. The number of benzene rings is 1. The third-order valence-electron chi connectivity index (χ3n) is 3.94. The Morgan fingerprint density at radius 2 is 1.53 bits per heavy atom. The summed E-state index contributed by atoms with van der Waals surface area (Å²) in [6, 6.07) is 14.4. The molecule has 0 aliphatic carbocycles. The van der Waals surface area contributed by atoms with E-state index in [0.717, 1.165) is 6.61 Å². The summed E-state index contributed by atoms with van der Waals surface area (Å²) >= 11 is 0. The van der Waals surface area contributed by atoms with Crippen molar-refractivity contribution in [3.05, 3.63) is 35.9 Å². The number of rotatable bonds is 7. The molecular weight excluding hydrogens is 224 g/mol.